The minimum Gasteiger partial charge on any atom is -0.444 e. The lowest BCUT2D eigenvalue weighted by Crippen LogP contribution is -2.38. The predicted octanol–water partition coefficient (Wildman–Crippen LogP) is 4.38. The fourth-order valence-electron chi connectivity index (χ4n) is 2.48. The molecule has 29 heavy (non-hydrogen) atoms. The van der Waals surface area contributed by atoms with Gasteiger partial charge in [-0.1, -0.05) is 30.3 Å². The van der Waals surface area contributed by atoms with Gasteiger partial charge in [-0.05, 0) is 18.6 Å². The van der Waals surface area contributed by atoms with Gasteiger partial charge in [-0.15, -0.1) is 0 Å². The number of anilines is 1. The van der Waals surface area contributed by atoms with Crippen LogP contribution in [0, 0.1) is 6.92 Å². The lowest BCUT2D eigenvalue weighted by molar-refractivity contribution is -0.138. The van der Waals surface area contributed by atoms with E-state index in [0.717, 1.165) is 18.8 Å². The topological polar surface area (TPSA) is 85.5 Å². The van der Waals surface area contributed by atoms with Crippen molar-refractivity contribution in [1.82, 2.24) is 9.97 Å². The standard InChI is InChI=1S/C19H14F3N3O4/c1-12-17(29-11-24-12)25(18(27)28-10-13-5-3-2-4-6-13)16(26)14-9-23-8-7-15(14)19(20,21)22/h2-9,11H,10H2,1H3. The Labute approximate surface area is 162 Å². The molecule has 0 aliphatic rings. The summed E-state index contributed by atoms with van der Waals surface area (Å²) < 4.78 is 50.1. The molecule has 0 fully saturated rings. The number of hydrogen-bond acceptors (Lipinski definition) is 6. The molecule has 3 rings (SSSR count). The van der Waals surface area contributed by atoms with E-state index in [2.05, 4.69) is 9.97 Å². The van der Waals surface area contributed by atoms with Crippen molar-refractivity contribution in [1.29, 1.82) is 0 Å². The number of aromatic nitrogens is 2. The monoisotopic (exact) mass is 405 g/mol. The van der Waals surface area contributed by atoms with Gasteiger partial charge in [0.05, 0.1) is 11.1 Å². The first-order chi connectivity index (χ1) is 13.8. The molecule has 150 valence electrons. The zero-order chi connectivity index (χ0) is 21.0. The summed E-state index contributed by atoms with van der Waals surface area (Å²) in [7, 11) is 0. The number of carbonyl (C=O) groups is 2. The van der Waals surface area contributed by atoms with E-state index in [4.69, 9.17) is 9.15 Å². The van der Waals surface area contributed by atoms with Crippen molar-refractivity contribution in [3.63, 3.8) is 0 Å². The molecule has 2 amide bonds. The second kappa shape index (κ2) is 8.13. The maximum atomic E-state index is 13.3. The second-order valence-corrected chi connectivity index (χ2v) is 5.84. The average molecular weight is 405 g/mol. The van der Waals surface area contributed by atoms with Crippen molar-refractivity contribution in [2.24, 2.45) is 0 Å². The fourth-order valence-corrected chi connectivity index (χ4v) is 2.48. The van der Waals surface area contributed by atoms with Crippen LogP contribution in [0.5, 0.6) is 0 Å². The second-order valence-electron chi connectivity index (χ2n) is 5.84. The number of nitrogens with zero attached hydrogens (tertiary/aromatic N) is 3. The Morgan fingerprint density at radius 2 is 1.90 bits per heavy atom. The summed E-state index contributed by atoms with van der Waals surface area (Å²) in [5.41, 5.74) is -1.32. The molecular formula is C19H14F3N3O4. The van der Waals surface area contributed by atoms with E-state index >= 15 is 0 Å². The van der Waals surface area contributed by atoms with Gasteiger partial charge in [-0.3, -0.25) is 9.78 Å². The number of benzene rings is 1. The molecule has 0 aliphatic heterocycles. The van der Waals surface area contributed by atoms with Gasteiger partial charge in [0.25, 0.3) is 5.91 Å². The van der Waals surface area contributed by atoms with Gasteiger partial charge in [0, 0.05) is 12.4 Å². The van der Waals surface area contributed by atoms with Crippen molar-refractivity contribution in [2.75, 3.05) is 4.90 Å². The molecule has 3 aromatic rings. The highest BCUT2D eigenvalue weighted by molar-refractivity contribution is 6.19. The molecule has 2 aromatic heterocycles. The first-order valence-electron chi connectivity index (χ1n) is 8.25. The summed E-state index contributed by atoms with van der Waals surface area (Å²) >= 11 is 0. The van der Waals surface area contributed by atoms with Gasteiger partial charge >= 0.3 is 12.3 Å². The van der Waals surface area contributed by atoms with Gasteiger partial charge in [-0.2, -0.15) is 18.1 Å². The zero-order valence-corrected chi connectivity index (χ0v) is 15.0. The first kappa shape index (κ1) is 20.1. The van der Waals surface area contributed by atoms with Gasteiger partial charge < -0.3 is 9.15 Å². The molecular weight excluding hydrogens is 391 g/mol. The summed E-state index contributed by atoms with van der Waals surface area (Å²) in [4.78, 5) is 33.3. The van der Waals surface area contributed by atoms with E-state index in [1.807, 2.05) is 0 Å². The SMILES string of the molecule is Cc1ncoc1N(C(=O)OCc1ccccc1)C(=O)c1cnccc1C(F)(F)F. The van der Waals surface area contributed by atoms with Crippen LogP contribution in [0.3, 0.4) is 0 Å². The number of halogens is 3. The number of amides is 2. The molecule has 0 aliphatic carbocycles. The number of imide groups is 1. The maximum absolute atomic E-state index is 13.3. The van der Waals surface area contributed by atoms with Gasteiger partial charge in [0.1, 0.15) is 12.3 Å². The molecule has 1 aromatic carbocycles. The van der Waals surface area contributed by atoms with Crippen LogP contribution in [-0.2, 0) is 17.5 Å². The summed E-state index contributed by atoms with van der Waals surface area (Å²) in [6.07, 6.45) is -3.45. The summed E-state index contributed by atoms with van der Waals surface area (Å²) in [5.74, 6) is -1.65. The van der Waals surface area contributed by atoms with E-state index in [9.17, 15) is 22.8 Å². The number of rotatable bonds is 4. The van der Waals surface area contributed by atoms with E-state index in [1.54, 1.807) is 30.3 Å². The van der Waals surface area contributed by atoms with Gasteiger partial charge in [0.2, 0.25) is 5.88 Å². The van der Waals surface area contributed by atoms with Crippen molar-refractivity contribution in [3.05, 3.63) is 77.6 Å². The predicted molar refractivity (Wildman–Crippen MR) is 93.9 cm³/mol. The van der Waals surface area contributed by atoms with Crippen molar-refractivity contribution < 1.29 is 31.9 Å². The molecule has 0 unspecified atom stereocenters. The van der Waals surface area contributed by atoms with Crippen LogP contribution in [0.1, 0.15) is 27.2 Å². The van der Waals surface area contributed by atoms with Crippen LogP contribution in [0.15, 0.2) is 59.6 Å². The maximum Gasteiger partial charge on any atom is 0.424 e. The van der Waals surface area contributed by atoms with Crippen LogP contribution in [0.2, 0.25) is 0 Å². The normalized spacial score (nSPS) is 11.2. The van der Waals surface area contributed by atoms with Crippen LogP contribution in [-0.4, -0.2) is 22.0 Å². The third-order valence-corrected chi connectivity index (χ3v) is 3.87. The molecule has 0 N–H and O–H groups in total. The molecule has 10 heteroatoms. The summed E-state index contributed by atoms with van der Waals surface area (Å²) in [6.45, 7) is 1.23. The zero-order valence-electron chi connectivity index (χ0n) is 15.0. The highest BCUT2D eigenvalue weighted by Gasteiger charge is 2.39. The van der Waals surface area contributed by atoms with Gasteiger partial charge in [-0.25, -0.2) is 9.78 Å². The van der Waals surface area contributed by atoms with Crippen molar-refractivity contribution in [2.45, 2.75) is 19.7 Å². The lowest BCUT2D eigenvalue weighted by atomic mass is 10.1. The molecule has 0 saturated carbocycles. The van der Waals surface area contributed by atoms with E-state index in [1.165, 1.54) is 6.92 Å². The van der Waals surface area contributed by atoms with Crippen LogP contribution < -0.4 is 4.90 Å². The molecule has 0 atom stereocenters. The molecule has 0 spiro atoms. The van der Waals surface area contributed by atoms with Crippen LogP contribution in [0.25, 0.3) is 0 Å². The fraction of sp³-hybridized carbons (Fsp3) is 0.158. The highest BCUT2D eigenvalue weighted by atomic mass is 19.4. The number of hydrogen-bond donors (Lipinski definition) is 0. The number of pyridine rings is 1. The Kier molecular flexibility index (Phi) is 5.62. The Morgan fingerprint density at radius 1 is 1.17 bits per heavy atom. The Morgan fingerprint density at radius 3 is 2.52 bits per heavy atom. The molecule has 0 radical (unpaired) electrons. The summed E-state index contributed by atoms with van der Waals surface area (Å²) in [5, 5.41) is 0. The van der Waals surface area contributed by atoms with Crippen molar-refractivity contribution in [3.8, 4) is 0 Å². The Bertz CT molecular complexity index is 1020. The number of oxazole rings is 1. The number of carbonyl (C=O) groups excluding carboxylic acids is 2. The molecule has 7 nitrogen and oxygen atoms in total. The number of aryl methyl sites for hydroxylation is 1. The highest BCUT2D eigenvalue weighted by Crippen LogP contribution is 2.33. The first-order valence-corrected chi connectivity index (χ1v) is 8.25. The molecule has 0 saturated heterocycles. The minimum absolute atomic E-state index is 0.118. The van der Waals surface area contributed by atoms with Gasteiger partial charge in [0.15, 0.2) is 6.39 Å². The van der Waals surface area contributed by atoms with Crippen LogP contribution in [0.4, 0.5) is 23.8 Å². The minimum atomic E-state index is -4.83. The lowest BCUT2D eigenvalue weighted by Gasteiger charge is -2.20. The van der Waals surface area contributed by atoms with Crippen molar-refractivity contribution >= 4 is 17.9 Å². The number of alkyl halides is 3. The smallest absolute Gasteiger partial charge is 0.424 e. The third-order valence-electron chi connectivity index (χ3n) is 3.87. The quantitative estimate of drug-likeness (QED) is 0.640. The molecule has 0 bridgehead atoms. The van der Waals surface area contributed by atoms with Crippen LogP contribution >= 0.6 is 0 Å². The largest absolute Gasteiger partial charge is 0.444 e. The van der Waals surface area contributed by atoms with E-state index in [0.29, 0.717) is 16.5 Å². The third kappa shape index (κ3) is 4.42. The molecule has 2 heterocycles. The van der Waals surface area contributed by atoms with E-state index in [-0.39, 0.29) is 18.2 Å². The summed E-state index contributed by atoms with van der Waals surface area (Å²) in [6, 6.07) is 9.22. The Balaban J connectivity index is 1.96. The number of ether oxygens (including phenoxy) is 1. The average Bonchev–Trinajstić information content (AvgIpc) is 3.12. The van der Waals surface area contributed by atoms with E-state index < -0.39 is 29.3 Å². The Hall–Kier alpha value is -3.69.